The molecular formula is C22H20BrNO4. The summed E-state index contributed by atoms with van der Waals surface area (Å²) in [6, 6.07) is 14.3. The summed E-state index contributed by atoms with van der Waals surface area (Å²) in [4.78, 5) is 28.2. The molecule has 2 aromatic carbocycles. The summed E-state index contributed by atoms with van der Waals surface area (Å²) in [5.74, 6) is -0.107. The average molecular weight is 442 g/mol. The first-order valence-electron chi connectivity index (χ1n) is 9.31. The minimum Gasteiger partial charge on any atom is -0.450 e. The first-order chi connectivity index (χ1) is 13.6. The maximum Gasteiger partial charge on any atom is 0.290 e. The first-order valence-corrected chi connectivity index (χ1v) is 10.1. The van der Waals surface area contributed by atoms with Gasteiger partial charge in [0.25, 0.3) is 5.91 Å². The van der Waals surface area contributed by atoms with E-state index in [-0.39, 0.29) is 17.1 Å². The lowest BCUT2D eigenvalue weighted by atomic mass is 9.98. The molecule has 1 unspecified atom stereocenters. The third-order valence-electron chi connectivity index (χ3n) is 4.93. The molecule has 1 aromatic heterocycles. The van der Waals surface area contributed by atoms with Crippen molar-refractivity contribution >= 4 is 32.8 Å². The van der Waals surface area contributed by atoms with Crippen molar-refractivity contribution in [3.63, 3.8) is 0 Å². The first kappa shape index (κ1) is 18.9. The van der Waals surface area contributed by atoms with Gasteiger partial charge in [0.2, 0.25) is 5.76 Å². The highest BCUT2D eigenvalue weighted by Gasteiger charge is 2.42. The Labute approximate surface area is 171 Å². The SMILES string of the molecule is CCOCCCN1C(=O)c2oc3ccccc3c(=O)c2C1c1cccc(Br)c1. The van der Waals surface area contributed by atoms with Gasteiger partial charge in [0, 0.05) is 24.2 Å². The van der Waals surface area contributed by atoms with E-state index < -0.39 is 6.04 Å². The Bertz CT molecular complexity index is 1090. The zero-order valence-electron chi connectivity index (χ0n) is 15.5. The number of fused-ring (bicyclic) bond motifs is 2. The predicted octanol–water partition coefficient (Wildman–Crippen LogP) is 4.53. The second-order valence-electron chi connectivity index (χ2n) is 6.68. The number of rotatable bonds is 6. The van der Waals surface area contributed by atoms with E-state index in [0.29, 0.717) is 42.7 Å². The summed E-state index contributed by atoms with van der Waals surface area (Å²) in [6.45, 7) is 3.62. The molecule has 0 N–H and O–H groups in total. The molecule has 2 heterocycles. The minimum absolute atomic E-state index is 0.144. The zero-order chi connectivity index (χ0) is 19.7. The van der Waals surface area contributed by atoms with Crippen molar-refractivity contribution in [3.8, 4) is 0 Å². The molecule has 0 radical (unpaired) electrons. The summed E-state index contributed by atoms with van der Waals surface area (Å²) in [5, 5.41) is 0.491. The van der Waals surface area contributed by atoms with E-state index in [1.54, 1.807) is 29.2 Å². The largest absolute Gasteiger partial charge is 0.450 e. The van der Waals surface area contributed by atoms with E-state index >= 15 is 0 Å². The van der Waals surface area contributed by atoms with Gasteiger partial charge in [-0.05, 0) is 43.2 Å². The summed E-state index contributed by atoms with van der Waals surface area (Å²) < 4.78 is 12.2. The topological polar surface area (TPSA) is 59.8 Å². The molecule has 3 aromatic rings. The molecule has 0 spiro atoms. The standard InChI is InChI=1S/C22H20BrNO4/c1-2-27-12-6-11-24-19(14-7-5-8-15(23)13-14)18-20(25)16-9-3-4-10-17(16)28-21(18)22(24)26/h3-5,7-10,13,19H,2,6,11-12H2,1H3. The molecule has 1 amide bonds. The van der Waals surface area contributed by atoms with Crippen LogP contribution in [0.5, 0.6) is 0 Å². The second-order valence-corrected chi connectivity index (χ2v) is 7.59. The van der Waals surface area contributed by atoms with Crippen molar-refractivity contribution in [2.24, 2.45) is 0 Å². The van der Waals surface area contributed by atoms with Crippen LogP contribution in [0.2, 0.25) is 0 Å². The second kappa shape index (κ2) is 7.89. The van der Waals surface area contributed by atoms with Gasteiger partial charge in [-0.1, -0.05) is 40.2 Å². The number of amides is 1. The summed E-state index contributed by atoms with van der Waals surface area (Å²) in [6.07, 6.45) is 0.686. The van der Waals surface area contributed by atoms with Crippen LogP contribution in [-0.2, 0) is 4.74 Å². The van der Waals surface area contributed by atoms with Crippen LogP contribution >= 0.6 is 15.9 Å². The summed E-state index contributed by atoms with van der Waals surface area (Å²) >= 11 is 3.49. The normalized spacial score (nSPS) is 16.0. The number of halogens is 1. The van der Waals surface area contributed by atoms with Gasteiger partial charge in [-0.25, -0.2) is 0 Å². The lowest BCUT2D eigenvalue weighted by Gasteiger charge is -2.25. The van der Waals surface area contributed by atoms with Crippen LogP contribution in [0.3, 0.4) is 0 Å². The number of ether oxygens (including phenoxy) is 1. The van der Waals surface area contributed by atoms with Gasteiger partial charge in [0.1, 0.15) is 5.58 Å². The van der Waals surface area contributed by atoms with Crippen molar-refractivity contribution < 1.29 is 13.9 Å². The molecule has 1 aliphatic heterocycles. The van der Waals surface area contributed by atoms with E-state index in [2.05, 4.69) is 15.9 Å². The number of carbonyl (C=O) groups excluding carboxylic acids is 1. The molecule has 28 heavy (non-hydrogen) atoms. The Hall–Kier alpha value is -2.44. The van der Waals surface area contributed by atoms with Crippen LogP contribution in [0.4, 0.5) is 0 Å². The summed E-state index contributed by atoms with van der Waals surface area (Å²) in [7, 11) is 0. The van der Waals surface area contributed by atoms with Gasteiger partial charge in [-0.15, -0.1) is 0 Å². The lowest BCUT2D eigenvalue weighted by molar-refractivity contribution is 0.0696. The molecule has 1 atom stereocenters. The molecular weight excluding hydrogens is 422 g/mol. The van der Waals surface area contributed by atoms with Gasteiger partial charge in [0.05, 0.1) is 17.0 Å². The van der Waals surface area contributed by atoms with Crippen LogP contribution in [0, 0.1) is 0 Å². The Balaban J connectivity index is 1.85. The van der Waals surface area contributed by atoms with E-state index in [4.69, 9.17) is 9.15 Å². The van der Waals surface area contributed by atoms with E-state index in [1.165, 1.54) is 0 Å². The smallest absolute Gasteiger partial charge is 0.290 e. The maximum absolute atomic E-state index is 13.3. The lowest BCUT2D eigenvalue weighted by Crippen LogP contribution is -2.31. The number of nitrogens with zero attached hydrogens (tertiary/aromatic N) is 1. The molecule has 4 rings (SSSR count). The molecule has 0 bridgehead atoms. The zero-order valence-corrected chi connectivity index (χ0v) is 17.1. The highest BCUT2D eigenvalue weighted by atomic mass is 79.9. The number of hydrogen-bond donors (Lipinski definition) is 0. The van der Waals surface area contributed by atoms with E-state index in [0.717, 1.165) is 10.0 Å². The summed E-state index contributed by atoms with van der Waals surface area (Å²) in [5.41, 5.74) is 1.57. The fraction of sp³-hybridized carbons (Fsp3) is 0.273. The minimum atomic E-state index is -0.470. The van der Waals surface area contributed by atoms with Gasteiger partial charge < -0.3 is 14.1 Å². The highest BCUT2D eigenvalue weighted by molar-refractivity contribution is 9.10. The predicted molar refractivity (Wildman–Crippen MR) is 111 cm³/mol. The van der Waals surface area contributed by atoms with Crippen molar-refractivity contribution in [2.75, 3.05) is 19.8 Å². The van der Waals surface area contributed by atoms with Gasteiger partial charge in [0.15, 0.2) is 5.43 Å². The third-order valence-corrected chi connectivity index (χ3v) is 5.42. The number of carbonyl (C=O) groups is 1. The molecule has 0 aliphatic carbocycles. The van der Waals surface area contributed by atoms with Crippen molar-refractivity contribution in [2.45, 2.75) is 19.4 Å². The van der Waals surface area contributed by atoms with Crippen LogP contribution in [0.25, 0.3) is 11.0 Å². The molecule has 5 nitrogen and oxygen atoms in total. The Morgan fingerprint density at radius 1 is 1.14 bits per heavy atom. The molecule has 1 aliphatic rings. The number of hydrogen-bond acceptors (Lipinski definition) is 4. The van der Waals surface area contributed by atoms with E-state index in [1.807, 2.05) is 31.2 Å². The Morgan fingerprint density at radius 3 is 2.75 bits per heavy atom. The Morgan fingerprint density at radius 2 is 1.96 bits per heavy atom. The van der Waals surface area contributed by atoms with Crippen molar-refractivity contribution in [1.82, 2.24) is 4.90 Å². The maximum atomic E-state index is 13.3. The van der Waals surface area contributed by atoms with Crippen LogP contribution in [0.1, 0.15) is 41.1 Å². The average Bonchev–Trinajstić information content (AvgIpc) is 2.98. The van der Waals surface area contributed by atoms with Crippen molar-refractivity contribution in [3.05, 3.63) is 80.1 Å². The number of benzene rings is 2. The van der Waals surface area contributed by atoms with Crippen LogP contribution in [0.15, 0.2) is 62.2 Å². The fourth-order valence-corrected chi connectivity index (χ4v) is 4.12. The van der Waals surface area contributed by atoms with Gasteiger partial charge in [-0.3, -0.25) is 9.59 Å². The monoisotopic (exact) mass is 441 g/mol. The quantitative estimate of drug-likeness (QED) is 0.527. The van der Waals surface area contributed by atoms with Gasteiger partial charge >= 0.3 is 0 Å². The van der Waals surface area contributed by atoms with Gasteiger partial charge in [-0.2, -0.15) is 0 Å². The molecule has 0 saturated heterocycles. The van der Waals surface area contributed by atoms with E-state index in [9.17, 15) is 9.59 Å². The fourth-order valence-electron chi connectivity index (χ4n) is 3.70. The molecule has 0 fully saturated rings. The van der Waals surface area contributed by atoms with Crippen molar-refractivity contribution in [1.29, 1.82) is 0 Å². The van der Waals surface area contributed by atoms with Crippen LogP contribution < -0.4 is 5.43 Å². The Kier molecular flexibility index (Phi) is 5.33. The third kappa shape index (κ3) is 3.27. The highest BCUT2D eigenvalue weighted by Crippen LogP contribution is 2.38. The molecule has 6 heteroatoms. The van der Waals surface area contributed by atoms with Crippen LogP contribution in [-0.4, -0.2) is 30.6 Å². The molecule has 144 valence electrons. The molecule has 0 saturated carbocycles. The number of para-hydroxylation sites is 1.